The number of hydrogen-bond donors (Lipinski definition) is 1. The molecule has 4 aromatic rings. The molecule has 0 aliphatic carbocycles. The maximum absolute atomic E-state index is 14.5. The summed E-state index contributed by atoms with van der Waals surface area (Å²) in [5.74, 6) is -0.871. The van der Waals surface area contributed by atoms with E-state index in [9.17, 15) is 18.0 Å². The summed E-state index contributed by atoms with van der Waals surface area (Å²) in [6, 6.07) is 28.6. The van der Waals surface area contributed by atoms with Crippen LogP contribution in [-0.2, 0) is 32.6 Å². The summed E-state index contributed by atoms with van der Waals surface area (Å²) in [5.41, 5.74) is 2.65. The van der Waals surface area contributed by atoms with E-state index >= 15 is 0 Å². The number of benzene rings is 4. The van der Waals surface area contributed by atoms with Crippen molar-refractivity contribution in [2.75, 3.05) is 10.8 Å². The van der Waals surface area contributed by atoms with Crippen LogP contribution in [0.1, 0.15) is 30.5 Å². The number of hydrogen-bond acceptors (Lipinski definition) is 4. The third-order valence-corrected chi connectivity index (χ3v) is 9.69. The van der Waals surface area contributed by atoms with Gasteiger partial charge in [0.05, 0.1) is 10.6 Å². The third kappa shape index (κ3) is 8.49. The van der Waals surface area contributed by atoms with E-state index in [1.807, 2.05) is 75.4 Å². The first-order valence-corrected chi connectivity index (χ1v) is 16.8. The van der Waals surface area contributed by atoms with E-state index < -0.39 is 28.5 Å². The number of halogens is 2. The Morgan fingerprint density at radius 1 is 0.864 bits per heavy atom. The van der Waals surface area contributed by atoms with E-state index in [4.69, 9.17) is 11.6 Å². The molecule has 0 bridgehead atoms. The molecule has 2 amide bonds. The maximum atomic E-state index is 14.5. The van der Waals surface area contributed by atoms with Gasteiger partial charge in [-0.15, -0.1) is 0 Å². The van der Waals surface area contributed by atoms with Crippen LogP contribution in [-0.4, -0.2) is 43.8 Å². The lowest BCUT2D eigenvalue weighted by Gasteiger charge is -2.34. The molecule has 0 saturated heterocycles. The van der Waals surface area contributed by atoms with Crippen LogP contribution in [0.25, 0.3) is 0 Å². The van der Waals surface area contributed by atoms with Crippen LogP contribution < -0.4 is 9.62 Å². The molecule has 1 unspecified atom stereocenters. The van der Waals surface area contributed by atoms with Crippen molar-refractivity contribution in [1.29, 1.82) is 0 Å². The fraction of sp³-hybridized carbons (Fsp3) is 0.235. The molecule has 7 nitrogen and oxygen atoms in total. The van der Waals surface area contributed by atoms with Gasteiger partial charge in [0.1, 0.15) is 12.6 Å². The zero-order chi connectivity index (χ0) is 31.9. The molecule has 1 N–H and O–H groups in total. The van der Waals surface area contributed by atoms with Crippen LogP contribution in [0.15, 0.2) is 112 Å². The number of aryl methyl sites for hydroxylation is 1. The molecule has 0 spiro atoms. The highest BCUT2D eigenvalue weighted by Crippen LogP contribution is 2.29. The van der Waals surface area contributed by atoms with Crippen LogP contribution in [0.4, 0.5) is 5.69 Å². The van der Waals surface area contributed by atoms with Gasteiger partial charge in [-0.3, -0.25) is 13.9 Å². The Hall–Kier alpha value is -3.66. The number of nitrogens with zero attached hydrogens (tertiary/aromatic N) is 2. The molecule has 4 rings (SSSR count). The first-order valence-electron chi connectivity index (χ1n) is 14.2. The van der Waals surface area contributed by atoms with Gasteiger partial charge in [0.15, 0.2) is 0 Å². The van der Waals surface area contributed by atoms with E-state index in [2.05, 4.69) is 21.2 Å². The van der Waals surface area contributed by atoms with Crippen molar-refractivity contribution in [3.8, 4) is 0 Å². The predicted octanol–water partition coefficient (Wildman–Crippen LogP) is 6.77. The Kier molecular flexibility index (Phi) is 11.2. The molecule has 0 aromatic heterocycles. The second-order valence-corrected chi connectivity index (χ2v) is 14.0. The van der Waals surface area contributed by atoms with Gasteiger partial charge in [-0.25, -0.2) is 8.42 Å². The Morgan fingerprint density at radius 3 is 2.11 bits per heavy atom. The van der Waals surface area contributed by atoms with Crippen molar-refractivity contribution in [2.24, 2.45) is 0 Å². The minimum Gasteiger partial charge on any atom is -0.352 e. The van der Waals surface area contributed by atoms with E-state index in [1.165, 1.54) is 23.1 Å². The molecule has 0 fully saturated rings. The molecule has 0 aliphatic rings. The summed E-state index contributed by atoms with van der Waals surface area (Å²) in [5, 5.41) is 3.33. The number of amides is 2. The molecule has 0 saturated carbocycles. The lowest BCUT2D eigenvalue weighted by atomic mass is 10.0. The highest BCUT2D eigenvalue weighted by Gasteiger charge is 2.35. The molecule has 44 heavy (non-hydrogen) atoms. The van der Waals surface area contributed by atoms with Gasteiger partial charge in [0.25, 0.3) is 10.0 Å². The van der Waals surface area contributed by atoms with Gasteiger partial charge in [-0.2, -0.15) is 0 Å². The Balaban J connectivity index is 1.82. The second-order valence-electron chi connectivity index (χ2n) is 10.8. The minimum atomic E-state index is -4.20. The molecule has 10 heteroatoms. The molecule has 0 aliphatic heterocycles. The molecule has 0 heterocycles. The minimum absolute atomic E-state index is 0.0291. The fourth-order valence-electron chi connectivity index (χ4n) is 4.75. The molecule has 4 aromatic carbocycles. The van der Waals surface area contributed by atoms with Gasteiger partial charge in [-0.1, -0.05) is 94.3 Å². The predicted molar refractivity (Wildman–Crippen MR) is 179 cm³/mol. The fourth-order valence-corrected chi connectivity index (χ4v) is 6.80. The van der Waals surface area contributed by atoms with Crippen LogP contribution in [0, 0.1) is 6.92 Å². The Morgan fingerprint density at radius 2 is 1.50 bits per heavy atom. The Bertz CT molecular complexity index is 1700. The lowest BCUT2D eigenvalue weighted by molar-refractivity contribution is -0.140. The normalized spacial score (nSPS) is 12.0. The summed E-state index contributed by atoms with van der Waals surface area (Å²) in [7, 11) is -4.20. The second kappa shape index (κ2) is 14.9. The smallest absolute Gasteiger partial charge is 0.264 e. The monoisotopic (exact) mass is 695 g/mol. The standard InChI is InChI=1S/C34H35BrClN3O4S/c1-24(2)37-34(41)32(20-26-11-6-4-7-12-26)38(22-27-13-10-14-28(35)19-27)33(40)23-39(29-18-17-25(3)31(36)21-29)44(42,43)30-15-8-5-9-16-30/h4-19,21,24,32H,20,22-23H2,1-3H3,(H,37,41). The van der Waals surface area contributed by atoms with Crippen molar-refractivity contribution in [2.45, 2.75) is 50.7 Å². The number of sulfonamides is 1. The van der Waals surface area contributed by atoms with E-state index in [1.54, 1.807) is 30.3 Å². The summed E-state index contributed by atoms with van der Waals surface area (Å²) >= 11 is 9.93. The summed E-state index contributed by atoms with van der Waals surface area (Å²) in [6.07, 6.45) is 0.237. The summed E-state index contributed by atoms with van der Waals surface area (Å²) in [6.45, 7) is 5.05. The number of carbonyl (C=O) groups excluding carboxylic acids is 2. The largest absolute Gasteiger partial charge is 0.352 e. The van der Waals surface area contributed by atoms with E-state index in [0.29, 0.717) is 5.02 Å². The zero-order valence-electron chi connectivity index (χ0n) is 24.8. The van der Waals surface area contributed by atoms with Crippen molar-refractivity contribution in [1.82, 2.24) is 10.2 Å². The van der Waals surface area contributed by atoms with Crippen molar-refractivity contribution >= 4 is 55.1 Å². The topological polar surface area (TPSA) is 86.8 Å². The van der Waals surface area contributed by atoms with Crippen LogP contribution in [0.2, 0.25) is 5.02 Å². The van der Waals surface area contributed by atoms with Gasteiger partial charge < -0.3 is 10.2 Å². The summed E-state index contributed by atoms with van der Waals surface area (Å²) < 4.78 is 30.0. The first-order chi connectivity index (χ1) is 21.0. The van der Waals surface area contributed by atoms with Crippen LogP contribution in [0.5, 0.6) is 0 Å². The number of anilines is 1. The number of carbonyl (C=O) groups is 2. The van der Waals surface area contributed by atoms with E-state index in [-0.39, 0.29) is 35.5 Å². The highest BCUT2D eigenvalue weighted by atomic mass is 79.9. The van der Waals surface area contributed by atoms with Gasteiger partial charge in [0.2, 0.25) is 11.8 Å². The van der Waals surface area contributed by atoms with Crippen molar-refractivity contribution < 1.29 is 18.0 Å². The summed E-state index contributed by atoms with van der Waals surface area (Å²) in [4.78, 5) is 29.7. The van der Waals surface area contributed by atoms with Crippen molar-refractivity contribution in [3.05, 3.63) is 129 Å². The van der Waals surface area contributed by atoms with Gasteiger partial charge >= 0.3 is 0 Å². The van der Waals surface area contributed by atoms with Gasteiger partial charge in [-0.05, 0) is 73.9 Å². The van der Waals surface area contributed by atoms with E-state index in [0.717, 1.165) is 25.5 Å². The first kappa shape index (κ1) is 33.2. The molecule has 0 radical (unpaired) electrons. The average molecular weight is 697 g/mol. The van der Waals surface area contributed by atoms with Crippen LogP contribution in [0.3, 0.4) is 0 Å². The van der Waals surface area contributed by atoms with Gasteiger partial charge in [0, 0.05) is 28.5 Å². The highest BCUT2D eigenvalue weighted by molar-refractivity contribution is 9.10. The quantitative estimate of drug-likeness (QED) is 0.177. The Labute approximate surface area is 273 Å². The maximum Gasteiger partial charge on any atom is 0.264 e. The molecular formula is C34H35BrClN3O4S. The number of nitrogens with one attached hydrogen (secondary N) is 1. The lowest BCUT2D eigenvalue weighted by Crippen LogP contribution is -2.54. The van der Waals surface area contributed by atoms with Crippen molar-refractivity contribution in [3.63, 3.8) is 0 Å². The molecular weight excluding hydrogens is 662 g/mol. The average Bonchev–Trinajstić information content (AvgIpc) is 2.99. The van der Waals surface area contributed by atoms with Crippen LogP contribution >= 0.6 is 27.5 Å². The number of rotatable bonds is 12. The molecule has 230 valence electrons. The zero-order valence-corrected chi connectivity index (χ0v) is 27.9. The molecule has 1 atom stereocenters. The third-order valence-electron chi connectivity index (χ3n) is 7.00. The SMILES string of the molecule is Cc1ccc(N(CC(=O)N(Cc2cccc(Br)c2)C(Cc2ccccc2)C(=O)NC(C)C)S(=O)(=O)c2ccccc2)cc1Cl.